The Morgan fingerprint density at radius 3 is 2.81 bits per heavy atom. The Morgan fingerprint density at radius 1 is 1.29 bits per heavy atom. The molecular formula is C18H23NO2. The predicted molar refractivity (Wildman–Crippen MR) is 82.9 cm³/mol. The van der Waals surface area contributed by atoms with Gasteiger partial charge in [0.2, 0.25) is 0 Å². The van der Waals surface area contributed by atoms with E-state index in [4.69, 9.17) is 4.74 Å². The molecule has 0 N–H and O–H groups in total. The van der Waals surface area contributed by atoms with Gasteiger partial charge in [-0.2, -0.15) is 0 Å². The first-order chi connectivity index (χ1) is 10.3. The van der Waals surface area contributed by atoms with Gasteiger partial charge in [-0.15, -0.1) is 0 Å². The number of nitrogens with zero attached hydrogens (tertiary/aromatic N) is 1. The first-order valence-corrected chi connectivity index (χ1v) is 7.96. The number of piperidine rings is 1. The molecule has 21 heavy (non-hydrogen) atoms. The summed E-state index contributed by atoms with van der Waals surface area (Å²) in [7, 11) is 0. The lowest BCUT2D eigenvalue weighted by Gasteiger charge is -2.44. The van der Waals surface area contributed by atoms with Gasteiger partial charge in [-0.3, -0.25) is 4.90 Å². The van der Waals surface area contributed by atoms with Crippen LogP contribution in [-0.2, 0) is 11.3 Å². The van der Waals surface area contributed by atoms with Crippen LogP contribution in [0.2, 0.25) is 0 Å². The highest BCUT2D eigenvalue weighted by atomic mass is 16.6. The van der Waals surface area contributed by atoms with Gasteiger partial charge in [0.15, 0.2) is 0 Å². The standard InChI is InChI=1S/C18H23NO2/c1-2-14-11-16-9-6-10-17(12-14)19(16)18(20)21-13-15-7-4-3-5-8-15/h3-5,7-8,11,16-17H,2,6,9-10,12-13H2,1H3. The molecule has 112 valence electrons. The summed E-state index contributed by atoms with van der Waals surface area (Å²) in [5.74, 6) is 0. The Balaban J connectivity index is 1.66. The SMILES string of the molecule is CCC1=CC2CCCC(C1)N2C(=O)OCc1ccccc1. The first-order valence-electron chi connectivity index (χ1n) is 7.96. The number of hydrogen-bond donors (Lipinski definition) is 0. The van der Waals surface area contributed by atoms with Crippen LogP contribution < -0.4 is 0 Å². The van der Waals surface area contributed by atoms with Crippen molar-refractivity contribution in [2.45, 2.75) is 57.7 Å². The van der Waals surface area contributed by atoms with Crippen molar-refractivity contribution < 1.29 is 9.53 Å². The van der Waals surface area contributed by atoms with Crippen molar-refractivity contribution >= 4 is 6.09 Å². The second kappa shape index (κ2) is 6.33. The van der Waals surface area contributed by atoms with Crippen LogP contribution in [0.15, 0.2) is 42.0 Å². The molecule has 1 fully saturated rings. The van der Waals surface area contributed by atoms with E-state index in [2.05, 4.69) is 13.0 Å². The van der Waals surface area contributed by atoms with E-state index in [0.717, 1.165) is 31.2 Å². The number of fused-ring (bicyclic) bond motifs is 2. The van der Waals surface area contributed by atoms with Crippen molar-refractivity contribution in [3.8, 4) is 0 Å². The Bertz CT molecular complexity index is 523. The van der Waals surface area contributed by atoms with Crippen molar-refractivity contribution in [1.82, 2.24) is 4.90 Å². The third-order valence-corrected chi connectivity index (χ3v) is 4.58. The van der Waals surface area contributed by atoms with Crippen molar-refractivity contribution in [3.63, 3.8) is 0 Å². The number of rotatable bonds is 3. The lowest BCUT2D eigenvalue weighted by atomic mass is 9.85. The molecule has 2 bridgehead atoms. The van der Waals surface area contributed by atoms with Gasteiger partial charge in [0.25, 0.3) is 0 Å². The quantitative estimate of drug-likeness (QED) is 0.775. The number of carbonyl (C=O) groups excluding carboxylic acids is 1. The smallest absolute Gasteiger partial charge is 0.410 e. The van der Waals surface area contributed by atoms with Gasteiger partial charge in [-0.1, -0.05) is 48.9 Å². The van der Waals surface area contributed by atoms with Crippen molar-refractivity contribution in [2.24, 2.45) is 0 Å². The van der Waals surface area contributed by atoms with Gasteiger partial charge >= 0.3 is 6.09 Å². The minimum absolute atomic E-state index is 0.153. The van der Waals surface area contributed by atoms with E-state index in [9.17, 15) is 4.79 Å². The van der Waals surface area contributed by atoms with Crippen LogP contribution in [0.25, 0.3) is 0 Å². The lowest BCUT2D eigenvalue weighted by molar-refractivity contribution is 0.0480. The summed E-state index contributed by atoms with van der Waals surface area (Å²) in [6, 6.07) is 10.5. The second-order valence-corrected chi connectivity index (χ2v) is 5.98. The number of ether oxygens (including phenoxy) is 1. The van der Waals surface area contributed by atoms with Crippen molar-refractivity contribution in [2.75, 3.05) is 0 Å². The summed E-state index contributed by atoms with van der Waals surface area (Å²) < 4.78 is 5.53. The molecule has 3 rings (SSSR count). The highest BCUT2D eigenvalue weighted by Gasteiger charge is 2.37. The molecule has 3 heteroatoms. The van der Waals surface area contributed by atoms with Gasteiger partial charge in [-0.25, -0.2) is 4.79 Å². The maximum absolute atomic E-state index is 12.5. The molecule has 2 aliphatic heterocycles. The summed E-state index contributed by atoms with van der Waals surface area (Å²) in [5.41, 5.74) is 2.54. The minimum atomic E-state index is -0.153. The third kappa shape index (κ3) is 3.12. The lowest BCUT2D eigenvalue weighted by Crippen LogP contribution is -2.51. The van der Waals surface area contributed by atoms with Crippen LogP contribution in [0.3, 0.4) is 0 Å². The first kappa shape index (κ1) is 14.2. The van der Waals surface area contributed by atoms with Crippen LogP contribution in [0, 0.1) is 0 Å². The molecule has 2 atom stereocenters. The van der Waals surface area contributed by atoms with Crippen LogP contribution >= 0.6 is 0 Å². The topological polar surface area (TPSA) is 29.5 Å². The molecule has 3 nitrogen and oxygen atoms in total. The molecule has 1 aromatic rings. The maximum Gasteiger partial charge on any atom is 0.410 e. The summed E-state index contributed by atoms with van der Waals surface area (Å²) in [4.78, 5) is 14.4. The molecule has 1 saturated heterocycles. The zero-order valence-electron chi connectivity index (χ0n) is 12.6. The van der Waals surface area contributed by atoms with Crippen LogP contribution in [-0.4, -0.2) is 23.1 Å². The van der Waals surface area contributed by atoms with E-state index in [1.165, 1.54) is 12.0 Å². The molecule has 0 aromatic heterocycles. The number of benzene rings is 1. The molecule has 1 amide bonds. The van der Waals surface area contributed by atoms with E-state index < -0.39 is 0 Å². The molecule has 2 heterocycles. The van der Waals surface area contributed by atoms with Crippen LogP contribution in [0.1, 0.15) is 44.6 Å². The Morgan fingerprint density at radius 2 is 2.10 bits per heavy atom. The molecule has 0 saturated carbocycles. The number of hydrogen-bond acceptors (Lipinski definition) is 2. The fraction of sp³-hybridized carbons (Fsp3) is 0.500. The molecule has 1 aromatic carbocycles. The van der Waals surface area contributed by atoms with Crippen LogP contribution in [0.5, 0.6) is 0 Å². The van der Waals surface area contributed by atoms with Crippen molar-refractivity contribution in [3.05, 3.63) is 47.5 Å². The van der Waals surface area contributed by atoms with Gasteiger partial charge in [0, 0.05) is 6.04 Å². The monoisotopic (exact) mass is 285 g/mol. The van der Waals surface area contributed by atoms with E-state index >= 15 is 0 Å². The maximum atomic E-state index is 12.5. The van der Waals surface area contributed by atoms with E-state index in [-0.39, 0.29) is 12.1 Å². The normalized spacial score (nSPS) is 24.4. The fourth-order valence-corrected chi connectivity index (χ4v) is 3.46. The zero-order chi connectivity index (χ0) is 14.7. The Hall–Kier alpha value is -1.77. The van der Waals surface area contributed by atoms with E-state index in [1.54, 1.807) is 0 Å². The largest absolute Gasteiger partial charge is 0.445 e. The predicted octanol–water partition coefficient (Wildman–Crippen LogP) is 4.29. The molecule has 2 unspecified atom stereocenters. The van der Waals surface area contributed by atoms with E-state index in [0.29, 0.717) is 12.6 Å². The van der Waals surface area contributed by atoms with Crippen molar-refractivity contribution in [1.29, 1.82) is 0 Å². The number of amides is 1. The Kier molecular flexibility index (Phi) is 4.28. The third-order valence-electron chi connectivity index (χ3n) is 4.58. The average molecular weight is 285 g/mol. The summed E-state index contributed by atoms with van der Waals surface area (Å²) in [6.07, 6.45) is 7.65. The van der Waals surface area contributed by atoms with Gasteiger partial charge in [0.05, 0.1) is 6.04 Å². The summed E-state index contributed by atoms with van der Waals surface area (Å²) >= 11 is 0. The summed E-state index contributed by atoms with van der Waals surface area (Å²) in [6.45, 7) is 2.56. The van der Waals surface area contributed by atoms with Gasteiger partial charge < -0.3 is 4.74 Å². The fourth-order valence-electron chi connectivity index (χ4n) is 3.46. The highest BCUT2D eigenvalue weighted by molar-refractivity contribution is 5.69. The zero-order valence-corrected chi connectivity index (χ0v) is 12.6. The molecule has 0 radical (unpaired) electrons. The minimum Gasteiger partial charge on any atom is -0.445 e. The summed E-state index contributed by atoms with van der Waals surface area (Å²) in [5, 5.41) is 0. The van der Waals surface area contributed by atoms with Crippen LogP contribution in [0.4, 0.5) is 4.79 Å². The van der Waals surface area contributed by atoms with Gasteiger partial charge in [0.1, 0.15) is 6.61 Å². The molecular weight excluding hydrogens is 262 g/mol. The van der Waals surface area contributed by atoms with E-state index in [1.807, 2.05) is 35.2 Å². The average Bonchev–Trinajstić information content (AvgIpc) is 2.52. The number of carbonyl (C=O) groups is 1. The Labute approximate surface area is 126 Å². The highest BCUT2D eigenvalue weighted by Crippen LogP contribution is 2.34. The second-order valence-electron chi connectivity index (χ2n) is 5.98. The molecule has 0 aliphatic carbocycles. The molecule has 0 spiro atoms. The molecule has 2 aliphatic rings. The van der Waals surface area contributed by atoms with Gasteiger partial charge in [-0.05, 0) is 37.7 Å².